The van der Waals surface area contributed by atoms with Crippen molar-refractivity contribution in [2.75, 3.05) is 13.1 Å². The molecule has 0 aliphatic carbocycles. The van der Waals surface area contributed by atoms with Crippen LogP contribution in [0.15, 0.2) is 30.3 Å². The molecule has 0 aromatic heterocycles. The van der Waals surface area contributed by atoms with E-state index in [4.69, 9.17) is 4.74 Å². The fourth-order valence-electron chi connectivity index (χ4n) is 1.67. The van der Waals surface area contributed by atoms with Gasteiger partial charge in [0.2, 0.25) is 0 Å². The zero-order chi connectivity index (χ0) is 11.9. The van der Waals surface area contributed by atoms with Gasteiger partial charge in [0.15, 0.2) is 0 Å². The van der Waals surface area contributed by atoms with Gasteiger partial charge in [-0.25, -0.2) is 4.79 Å². The molecule has 1 saturated heterocycles. The molecule has 0 radical (unpaired) electrons. The topological polar surface area (TPSA) is 62.4 Å². The van der Waals surface area contributed by atoms with E-state index >= 15 is 0 Å². The Morgan fingerprint density at radius 3 is 2.94 bits per heavy atom. The van der Waals surface area contributed by atoms with Gasteiger partial charge < -0.3 is 10.1 Å². The summed E-state index contributed by atoms with van der Waals surface area (Å²) in [4.78, 5) is 11.4. The van der Waals surface area contributed by atoms with Crippen molar-refractivity contribution >= 4 is 6.09 Å². The molecule has 1 aromatic carbocycles. The van der Waals surface area contributed by atoms with Gasteiger partial charge in [-0.05, 0) is 12.0 Å². The summed E-state index contributed by atoms with van der Waals surface area (Å²) in [6.07, 6.45) is 0.640. The van der Waals surface area contributed by atoms with E-state index in [2.05, 4.69) is 16.2 Å². The summed E-state index contributed by atoms with van der Waals surface area (Å²) in [6.45, 7) is 1.83. The molecule has 0 spiro atoms. The maximum Gasteiger partial charge on any atom is 0.407 e. The van der Waals surface area contributed by atoms with Crippen LogP contribution in [0.1, 0.15) is 12.0 Å². The third-order valence-electron chi connectivity index (χ3n) is 2.63. The molecule has 2 rings (SSSR count). The summed E-state index contributed by atoms with van der Waals surface area (Å²) in [6, 6.07) is 9.92. The zero-order valence-electron chi connectivity index (χ0n) is 9.61. The van der Waals surface area contributed by atoms with Crippen molar-refractivity contribution in [3.05, 3.63) is 35.9 Å². The highest BCUT2D eigenvalue weighted by atomic mass is 16.5. The van der Waals surface area contributed by atoms with E-state index in [1.54, 1.807) is 0 Å². The summed E-state index contributed by atoms with van der Waals surface area (Å²) in [5.74, 6) is 0. The zero-order valence-corrected chi connectivity index (χ0v) is 9.61. The van der Waals surface area contributed by atoms with Gasteiger partial charge in [0.1, 0.15) is 6.61 Å². The Hall–Kier alpha value is -1.59. The molecule has 1 heterocycles. The van der Waals surface area contributed by atoms with Crippen LogP contribution in [0.2, 0.25) is 0 Å². The highest BCUT2D eigenvalue weighted by Crippen LogP contribution is 2.00. The molecule has 5 heteroatoms. The summed E-state index contributed by atoms with van der Waals surface area (Å²) in [5, 5.41) is 2.73. The number of hydrazine groups is 1. The smallest absolute Gasteiger partial charge is 0.407 e. The lowest BCUT2D eigenvalue weighted by Gasteiger charge is -2.11. The van der Waals surface area contributed by atoms with Gasteiger partial charge in [-0.2, -0.15) is 0 Å². The molecular formula is C12H17N3O2. The molecule has 1 aliphatic rings. The normalized spacial score (nSPS) is 18.9. The number of carbonyl (C=O) groups is 1. The molecule has 1 aliphatic heterocycles. The summed E-state index contributed by atoms with van der Waals surface area (Å²) in [5.41, 5.74) is 7.07. The molecule has 17 heavy (non-hydrogen) atoms. The number of nitrogens with one attached hydrogen (secondary N) is 3. The second-order valence-corrected chi connectivity index (χ2v) is 4.00. The lowest BCUT2D eigenvalue weighted by atomic mass is 10.2. The van der Waals surface area contributed by atoms with Gasteiger partial charge in [-0.1, -0.05) is 30.3 Å². The number of hydrogen-bond donors (Lipinski definition) is 3. The van der Waals surface area contributed by atoms with Crippen LogP contribution in [0.4, 0.5) is 4.79 Å². The SMILES string of the molecule is O=C(NCC1CCNN1)OCc1ccccc1. The highest BCUT2D eigenvalue weighted by Gasteiger charge is 2.14. The molecule has 0 saturated carbocycles. The minimum Gasteiger partial charge on any atom is -0.445 e. The molecule has 3 N–H and O–H groups in total. The molecule has 1 unspecified atom stereocenters. The monoisotopic (exact) mass is 235 g/mol. The second kappa shape index (κ2) is 6.22. The largest absolute Gasteiger partial charge is 0.445 e. The van der Waals surface area contributed by atoms with Crippen molar-refractivity contribution in [1.29, 1.82) is 0 Å². The number of ether oxygens (including phenoxy) is 1. The van der Waals surface area contributed by atoms with Crippen molar-refractivity contribution in [2.24, 2.45) is 0 Å². The van der Waals surface area contributed by atoms with Crippen LogP contribution in [0.5, 0.6) is 0 Å². The Kier molecular flexibility index (Phi) is 4.35. The molecule has 1 amide bonds. The fraction of sp³-hybridized carbons (Fsp3) is 0.417. The molecule has 1 fully saturated rings. The van der Waals surface area contributed by atoms with Crippen molar-refractivity contribution in [1.82, 2.24) is 16.2 Å². The van der Waals surface area contributed by atoms with Gasteiger partial charge in [0.25, 0.3) is 0 Å². The van der Waals surface area contributed by atoms with Gasteiger partial charge >= 0.3 is 6.09 Å². The molecule has 1 aromatic rings. The van der Waals surface area contributed by atoms with Crippen LogP contribution >= 0.6 is 0 Å². The van der Waals surface area contributed by atoms with Crippen LogP contribution in [0, 0.1) is 0 Å². The minimum absolute atomic E-state index is 0.291. The predicted octanol–water partition coefficient (Wildman–Crippen LogP) is 0.779. The van der Waals surface area contributed by atoms with Crippen molar-refractivity contribution in [3.63, 3.8) is 0 Å². The van der Waals surface area contributed by atoms with Crippen LogP contribution < -0.4 is 16.2 Å². The van der Waals surface area contributed by atoms with E-state index in [1.807, 2.05) is 30.3 Å². The Morgan fingerprint density at radius 2 is 2.24 bits per heavy atom. The van der Waals surface area contributed by atoms with Crippen LogP contribution in [0.3, 0.4) is 0 Å². The maximum absolute atomic E-state index is 11.4. The minimum atomic E-state index is -0.373. The van der Waals surface area contributed by atoms with Crippen LogP contribution in [-0.2, 0) is 11.3 Å². The fourth-order valence-corrected chi connectivity index (χ4v) is 1.67. The Balaban J connectivity index is 1.64. The Labute approximate surface area is 101 Å². The first-order valence-corrected chi connectivity index (χ1v) is 5.77. The maximum atomic E-state index is 11.4. The van der Waals surface area contributed by atoms with E-state index in [-0.39, 0.29) is 6.09 Å². The van der Waals surface area contributed by atoms with Gasteiger partial charge in [0, 0.05) is 19.1 Å². The number of amides is 1. The summed E-state index contributed by atoms with van der Waals surface area (Å²) >= 11 is 0. The predicted molar refractivity (Wildman–Crippen MR) is 64.2 cm³/mol. The number of benzene rings is 1. The van der Waals surface area contributed by atoms with E-state index in [9.17, 15) is 4.79 Å². The van der Waals surface area contributed by atoms with E-state index in [0.717, 1.165) is 18.5 Å². The van der Waals surface area contributed by atoms with Gasteiger partial charge in [-0.3, -0.25) is 10.9 Å². The number of hydrogen-bond acceptors (Lipinski definition) is 4. The van der Waals surface area contributed by atoms with Crippen molar-refractivity contribution in [3.8, 4) is 0 Å². The standard InChI is InChI=1S/C12H17N3O2/c16-12(13-8-11-6-7-14-15-11)17-9-10-4-2-1-3-5-10/h1-5,11,14-15H,6-9H2,(H,13,16). The molecular weight excluding hydrogens is 218 g/mol. The first kappa shape index (κ1) is 11.9. The van der Waals surface area contributed by atoms with Gasteiger partial charge in [0.05, 0.1) is 0 Å². The lowest BCUT2D eigenvalue weighted by molar-refractivity contribution is 0.138. The van der Waals surface area contributed by atoms with Crippen molar-refractivity contribution < 1.29 is 9.53 Å². The number of carbonyl (C=O) groups excluding carboxylic acids is 1. The number of rotatable bonds is 4. The van der Waals surface area contributed by atoms with Gasteiger partial charge in [-0.15, -0.1) is 0 Å². The second-order valence-electron chi connectivity index (χ2n) is 4.00. The summed E-state index contributed by atoms with van der Waals surface area (Å²) in [7, 11) is 0. The van der Waals surface area contributed by atoms with E-state index in [1.165, 1.54) is 0 Å². The van der Waals surface area contributed by atoms with E-state index in [0.29, 0.717) is 19.2 Å². The highest BCUT2D eigenvalue weighted by molar-refractivity contribution is 5.67. The molecule has 0 bridgehead atoms. The third-order valence-corrected chi connectivity index (χ3v) is 2.63. The van der Waals surface area contributed by atoms with Crippen LogP contribution in [-0.4, -0.2) is 25.2 Å². The average Bonchev–Trinajstić information content (AvgIpc) is 2.88. The Bertz CT molecular complexity index is 350. The first-order valence-electron chi connectivity index (χ1n) is 5.77. The van der Waals surface area contributed by atoms with E-state index < -0.39 is 0 Å². The van der Waals surface area contributed by atoms with Crippen molar-refractivity contribution in [2.45, 2.75) is 19.1 Å². The number of alkyl carbamates (subject to hydrolysis) is 1. The quantitative estimate of drug-likeness (QED) is 0.721. The first-order chi connectivity index (χ1) is 8.34. The molecule has 1 atom stereocenters. The Morgan fingerprint density at radius 1 is 1.41 bits per heavy atom. The molecule has 5 nitrogen and oxygen atoms in total. The molecule has 92 valence electrons. The third kappa shape index (κ3) is 4.05. The van der Waals surface area contributed by atoms with Crippen LogP contribution in [0.25, 0.3) is 0 Å². The lowest BCUT2D eigenvalue weighted by Crippen LogP contribution is -2.40. The average molecular weight is 235 g/mol. The summed E-state index contributed by atoms with van der Waals surface area (Å²) < 4.78 is 5.09.